The Balaban J connectivity index is 1.50. The van der Waals surface area contributed by atoms with E-state index in [4.69, 9.17) is 16.3 Å². The second kappa shape index (κ2) is 11.1. The Morgan fingerprint density at radius 2 is 1.89 bits per heavy atom. The molecule has 4 heterocycles. The molecule has 2 aliphatic rings. The van der Waals surface area contributed by atoms with Crippen LogP contribution in [-0.4, -0.2) is 95.2 Å². The van der Waals surface area contributed by atoms with E-state index in [1.165, 1.54) is 38.7 Å². The van der Waals surface area contributed by atoms with Gasteiger partial charge in [0.1, 0.15) is 15.8 Å². The van der Waals surface area contributed by atoms with E-state index < -0.39 is 25.9 Å². The second-order valence-corrected chi connectivity index (χ2v) is 16.0. The van der Waals surface area contributed by atoms with E-state index in [9.17, 15) is 21.6 Å². The first-order chi connectivity index (χ1) is 18.1. The number of thiophene rings is 1. The number of carbonyl (C=O) groups is 1. The highest BCUT2D eigenvalue weighted by molar-refractivity contribution is 7.91. The van der Waals surface area contributed by atoms with Gasteiger partial charge in [-0.2, -0.15) is 4.31 Å². The van der Waals surface area contributed by atoms with Crippen LogP contribution in [0.4, 0.5) is 5.13 Å². The van der Waals surface area contributed by atoms with Crippen LogP contribution in [0.3, 0.4) is 0 Å². The average Bonchev–Trinajstić information content (AvgIpc) is 3.63. The summed E-state index contributed by atoms with van der Waals surface area (Å²) in [5, 5.41) is 0.345. The van der Waals surface area contributed by atoms with E-state index in [0.29, 0.717) is 52.3 Å². The van der Waals surface area contributed by atoms with Crippen molar-refractivity contribution in [3.63, 3.8) is 0 Å². The zero-order valence-corrected chi connectivity index (χ0v) is 24.6. The lowest BCUT2D eigenvalue weighted by molar-refractivity contribution is -0.121. The summed E-state index contributed by atoms with van der Waals surface area (Å²) in [7, 11) is -7.46. The number of hydrogen-bond acceptors (Lipinski definition) is 10. The first-order valence-corrected chi connectivity index (χ1v) is 17.4. The van der Waals surface area contributed by atoms with Crippen molar-refractivity contribution in [1.29, 1.82) is 0 Å². The third-order valence-corrected chi connectivity index (χ3v) is 12.4. The molecule has 2 fully saturated rings. The number of amides is 1. The van der Waals surface area contributed by atoms with Crippen LogP contribution in [0.2, 0.25) is 4.34 Å². The van der Waals surface area contributed by atoms with Gasteiger partial charge in [0.25, 0.3) is 10.0 Å². The quantitative estimate of drug-likeness (QED) is 0.378. The third kappa shape index (κ3) is 5.63. The minimum absolute atomic E-state index is 0.0951. The molecule has 2 saturated heterocycles. The van der Waals surface area contributed by atoms with Crippen molar-refractivity contribution >= 4 is 75.4 Å². The van der Waals surface area contributed by atoms with Gasteiger partial charge in [-0.1, -0.05) is 29.0 Å². The first kappa shape index (κ1) is 27.9. The number of thiazole rings is 1. The number of para-hydroxylation sites is 1. The van der Waals surface area contributed by atoms with Gasteiger partial charge in [0.15, 0.2) is 15.0 Å². The number of hydrogen-bond donors (Lipinski definition) is 0. The zero-order valence-electron chi connectivity index (χ0n) is 20.6. The van der Waals surface area contributed by atoms with E-state index in [2.05, 4.69) is 9.88 Å². The second-order valence-electron chi connectivity index (χ2n) is 9.15. The number of anilines is 1. The van der Waals surface area contributed by atoms with Crippen molar-refractivity contribution in [1.82, 2.24) is 14.2 Å². The molecule has 0 N–H and O–H groups in total. The van der Waals surface area contributed by atoms with Crippen LogP contribution in [-0.2, 0) is 29.4 Å². The number of morpholine rings is 1. The standard InChI is InChI=1S/C23H27ClN4O6S4/c1-37(30,31)18-6-2-5-17-21(18)25-23(35-17)27(11-10-26-12-14-34-15-13-26)22(29)16-4-3-9-28(16)38(32,33)20-8-7-19(24)36-20/h2,5-8,16H,3-4,9-15H2,1H3. The lowest BCUT2D eigenvalue weighted by atomic mass is 10.2. The Morgan fingerprint density at radius 3 is 2.58 bits per heavy atom. The predicted molar refractivity (Wildman–Crippen MR) is 149 cm³/mol. The molecule has 0 bridgehead atoms. The molecule has 0 spiro atoms. The highest BCUT2D eigenvalue weighted by Crippen LogP contribution is 2.36. The van der Waals surface area contributed by atoms with Gasteiger partial charge >= 0.3 is 0 Å². The SMILES string of the molecule is CS(=O)(=O)c1cccc2sc(N(CCN3CCOCC3)C(=O)C3CCCN3S(=O)(=O)c3ccc(Cl)s3)nc12. The van der Waals surface area contributed by atoms with E-state index in [1.807, 2.05) is 0 Å². The van der Waals surface area contributed by atoms with Crippen molar-refractivity contribution in [3.8, 4) is 0 Å². The molecule has 1 amide bonds. The minimum Gasteiger partial charge on any atom is -0.379 e. The summed E-state index contributed by atoms with van der Waals surface area (Å²) in [5.74, 6) is -0.373. The van der Waals surface area contributed by atoms with Crippen molar-refractivity contribution in [2.45, 2.75) is 28.0 Å². The third-order valence-electron chi connectivity index (χ3n) is 6.61. The van der Waals surface area contributed by atoms with Gasteiger partial charge in [-0.15, -0.1) is 11.3 Å². The Kier molecular flexibility index (Phi) is 8.14. The number of sulfonamides is 1. The molecule has 1 unspecified atom stereocenters. The van der Waals surface area contributed by atoms with Crippen LogP contribution in [0.5, 0.6) is 0 Å². The van der Waals surface area contributed by atoms with Crippen molar-refractivity contribution in [2.75, 3.05) is 57.1 Å². The van der Waals surface area contributed by atoms with Gasteiger partial charge in [-0.05, 0) is 37.1 Å². The number of ether oxygens (including phenoxy) is 1. The van der Waals surface area contributed by atoms with Crippen molar-refractivity contribution < 1.29 is 26.4 Å². The molecule has 0 saturated carbocycles. The molecule has 1 aromatic carbocycles. The van der Waals surface area contributed by atoms with Gasteiger partial charge in [0, 0.05) is 39.0 Å². The van der Waals surface area contributed by atoms with Crippen LogP contribution >= 0.6 is 34.3 Å². The fourth-order valence-electron chi connectivity index (χ4n) is 4.70. The molecule has 15 heteroatoms. The van der Waals surface area contributed by atoms with E-state index in [0.717, 1.165) is 30.7 Å². The van der Waals surface area contributed by atoms with Crippen LogP contribution in [0, 0.1) is 0 Å². The summed E-state index contributed by atoms with van der Waals surface area (Å²) in [6, 6.07) is 7.01. The normalized spacial score (nSPS) is 19.8. The number of aromatic nitrogens is 1. The fraction of sp³-hybridized carbons (Fsp3) is 0.478. The van der Waals surface area contributed by atoms with Crippen LogP contribution in [0.25, 0.3) is 10.2 Å². The Labute approximate surface area is 234 Å². The highest BCUT2D eigenvalue weighted by atomic mass is 35.5. The first-order valence-electron chi connectivity index (χ1n) is 12.0. The van der Waals surface area contributed by atoms with Crippen LogP contribution in [0.15, 0.2) is 39.4 Å². The highest BCUT2D eigenvalue weighted by Gasteiger charge is 2.42. The topological polar surface area (TPSA) is 117 Å². The molecule has 206 valence electrons. The molecule has 0 radical (unpaired) electrons. The molecular formula is C23H27ClN4O6S4. The summed E-state index contributed by atoms with van der Waals surface area (Å²) in [4.78, 5) is 22.5. The molecule has 0 aliphatic carbocycles. The van der Waals surface area contributed by atoms with Crippen LogP contribution in [0.1, 0.15) is 12.8 Å². The Morgan fingerprint density at radius 1 is 1.13 bits per heavy atom. The molecule has 2 aromatic heterocycles. The summed E-state index contributed by atoms with van der Waals surface area (Å²) < 4.78 is 59.4. The summed E-state index contributed by atoms with van der Waals surface area (Å²) in [6.07, 6.45) is 2.05. The number of rotatable bonds is 8. The van der Waals surface area contributed by atoms with Crippen molar-refractivity contribution in [3.05, 3.63) is 34.7 Å². The average molecular weight is 619 g/mol. The molecule has 3 aromatic rings. The number of halogens is 1. The Bertz CT molecular complexity index is 1550. The lowest BCUT2D eigenvalue weighted by Crippen LogP contribution is -2.50. The molecule has 1 atom stereocenters. The number of sulfone groups is 1. The molecule has 38 heavy (non-hydrogen) atoms. The lowest BCUT2D eigenvalue weighted by Gasteiger charge is -2.31. The number of carbonyl (C=O) groups excluding carboxylic acids is 1. The predicted octanol–water partition coefficient (Wildman–Crippen LogP) is 2.93. The molecule has 10 nitrogen and oxygen atoms in total. The maximum Gasteiger partial charge on any atom is 0.253 e. The van der Waals surface area contributed by atoms with E-state index in [1.54, 1.807) is 12.1 Å². The van der Waals surface area contributed by atoms with Gasteiger partial charge < -0.3 is 4.74 Å². The maximum atomic E-state index is 14.1. The van der Waals surface area contributed by atoms with Gasteiger partial charge in [-0.25, -0.2) is 21.8 Å². The molecular weight excluding hydrogens is 592 g/mol. The molecule has 2 aliphatic heterocycles. The summed E-state index contributed by atoms with van der Waals surface area (Å²) >= 11 is 8.18. The largest absolute Gasteiger partial charge is 0.379 e. The smallest absolute Gasteiger partial charge is 0.253 e. The van der Waals surface area contributed by atoms with E-state index in [-0.39, 0.29) is 28.1 Å². The number of nitrogens with zero attached hydrogens (tertiary/aromatic N) is 4. The maximum absolute atomic E-state index is 14.1. The van der Waals surface area contributed by atoms with Crippen molar-refractivity contribution in [2.24, 2.45) is 0 Å². The van der Waals surface area contributed by atoms with Gasteiger partial charge in [0.05, 0.1) is 27.1 Å². The van der Waals surface area contributed by atoms with E-state index >= 15 is 0 Å². The number of fused-ring (bicyclic) bond motifs is 1. The Hall–Kier alpha value is -1.65. The summed E-state index contributed by atoms with van der Waals surface area (Å²) in [6.45, 7) is 3.71. The monoisotopic (exact) mass is 618 g/mol. The summed E-state index contributed by atoms with van der Waals surface area (Å²) in [5.41, 5.74) is 0.309. The fourth-order valence-corrected chi connectivity index (χ4v) is 9.88. The zero-order chi connectivity index (χ0) is 27.1. The van der Waals surface area contributed by atoms with Gasteiger partial charge in [0.2, 0.25) is 5.91 Å². The minimum atomic E-state index is -3.92. The van der Waals surface area contributed by atoms with Gasteiger partial charge in [-0.3, -0.25) is 14.6 Å². The number of benzene rings is 1. The molecule has 5 rings (SSSR count). The van der Waals surface area contributed by atoms with Crippen LogP contribution < -0.4 is 4.90 Å².